The van der Waals surface area contributed by atoms with E-state index in [-0.39, 0.29) is 11.5 Å². The molecular weight excluding hydrogens is 380 g/mol. The van der Waals surface area contributed by atoms with Crippen molar-refractivity contribution in [2.24, 2.45) is 11.8 Å². The van der Waals surface area contributed by atoms with Gasteiger partial charge < -0.3 is 18.4 Å². The highest BCUT2D eigenvalue weighted by molar-refractivity contribution is 6.87. The monoisotopic (exact) mass is 418 g/mol. The standard InChI is InChI=1S/C18H38O5Si3/c1-14(18(20)21)16-13-15(9-10-17(16)19)11-12-26(8,22-24(2,3)4)23-25(5,6)7/h15-17,19H,1,9-13H2,2-8H3,(H,20,21). The van der Waals surface area contributed by atoms with E-state index in [1.165, 1.54) is 0 Å². The van der Waals surface area contributed by atoms with E-state index in [1.54, 1.807) is 0 Å². The Balaban J connectivity index is 2.78. The van der Waals surface area contributed by atoms with Crippen LogP contribution in [0.4, 0.5) is 0 Å². The SMILES string of the molecule is C=C(C(=O)O)C1CC(CC[Si](C)(O[Si](C)(C)C)O[Si](C)(C)C)CCC1O. The van der Waals surface area contributed by atoms with Crippen molar-refractivity contribution in [1.82, 2.24) is 0 Å². The van der Waals surface area contributed by atoms with Gasteiger partial charge in [-0.2, -0.15) is 0 Å². The van der Waals surface area contributed by atoms with Crippen LogP contribution < -0.4 is 0 Å². The molecule has 0 aromatic heterocycles. The van der Waals surface area contributed by atoms with Gasteiger partial charge in [0.15, 0.2) is 16.6 Å². The third kappa shape index (κ3) is 8.18. The summed E-state index contributed by atoms with van der Waals surface area (Å²) in [5, 5.41) is 19.4. The summed E-state index contributed by atoms with van der Waals surface area (Å²) in [5.41, 5.74) is 0.138. The van der Waals surface area contributed by atoms with Crippen molar-refractivity contribution in [3.63, 3.8) is 0 Å². The highest BCUT2D eigenvalue weighted by atomic mass is 28.5. The number of carboxylic acid groups (broad SMARTS) is 1. The van der Waals surface area contributed by atoms with Gasteiger partial charge in [0.05, 0.1) is 6.10 Å². The van der Waals surface area contributed by atoms with Crippen molar-refractivity contribution in [1.29, 1.82) is 0 Å². The number of rotatable bonds is 9. The molecule has 0 saturated heterocycles. The van der Waals surface area contributed by atoms with Crippen LogP contribution in [0.25, 0.3) is 0 Å². The predicted molar refractivity (Wildman–Crippen MR) is 114 cm³/mol. The molecule has 152 valence electrons. The van der Waals surface area contributed by atoms with Crippen LogP contribution in [-0.4, -0.2) is 47.5 Å². The van der Waals surface area contributed by atoms with E-state index in [0.29, 0.717) is 18.8 Å². The maximum atomic E-state index is 11.2. The first-order valence-corrected chi connectivity index (χ1v) is 19.0. The van der Waals surface area contributed by atoms with E-state index in [2.05, 4.69) is 52.4 Å². The van der Waals surface area contributed by atoms with E-state index in [9.17, 15) is 15.0 Å². The minimum Gasteiger partial charge on any atom is -0.478 e. The zero-order valence-electron chi connectivity index (χ0n) is 17.6. The number of carbonyl (C=O) groups is 1. The highest BCUT2D eigenvalue weighted by Gasteiger charge is 2.41. The molecule has 0 spiro atoms. The second-order valence-electron chi connectivity index (χ2n) is 9.78. The van der Waals surface area contributed by atoms with E-state index in [0.717, 1.165) is 18.9 Å². The molecular formula is C18H38O5Si3. The quantitative estimate of drug-likeness (QED) is 0.424. The molecule has 0 amide bonds. The van der Waals surface area contributed by atoms with Crippen molar-refractivity contribution in [3.8, 4) is 0 Å². The molecule has 0 aromatic rings. The minimum absolute atomic E-state index is 0.138. The summed E-state index contributed by atoms with van der Waals surface area (Å²) in [6.07, 6.45) is 2.64. The molecule has 0 bridgehead atoms. The number of hydrogen-bond acceptors (Lipinski definition) is 4. The van der Waals surface area contributed by atoms with Crippen molar-refractivity contribution < 1.29 is 23.2 Å². The molecule has 3 unspecified atom stereocenters. The predicted octanol–water partition coefficient (Wildman–Crippen LogP) is 4.57. The topological polar surface area (TPSA) is 76.0 Å². The van der Waals surface area contributed by atoms with Crippen LogP contribution in [0.15, 0.2) is 12.2 Å². The van der Waals surface area contributed by atoms with Gasteiger partial charge >= 0.3 is 14.5 Å². The molecule has 0 radical (unpaired) electrons. The number of aliphatic hydroxyl groups is 1. The van der Waals surface area contributed by atoms with Crippen molar-refractivity contribution >= 4 is 31.2 Å². The Hall–Kier alpha value is -0.259. The highest BCUT2D eigenvalue weighted by Crippen LogP contribution is 2.38. The first kappa shape index (κ1) is 23.8. The lowest BCUT2D eigenvalue weighted by Crippen LogP contribution is -2.52. The van der Waals surface area contributed by atoms with Gasteiger partial charge in [-0.05, 0) is 83.5 Å². The lowest BCUT2D eigenvalue weighted by Gasteiger charge is -2.40. The number of aliphatic carboxylic acids is 1. The summed E-state index contributed by atoms with van der Waals surface area (Å²) in [4.78, 5) is 11.2. The van der Waals surface area contributed by atoms with Gasteiger partial charge in [0.2, 0.25) is 0 Å². The Morgan fingerprint density at radius 3 is 1.96 bits per heavy atom. The van der Waals surface area contributed by atoms with Crippen LogP contribution in [0.2, 0.25) is 51.9 Å². The van der Waals surface area contributed by atoms with Gasteiger partial charge in [0.25, 0.3) is 0 Å². The third-order valence-electron chi connectivity index (χ3n) is 4.70. The normalized spacial score (nSPS) is 25.2. The van der Waals surface area contributed by atoms with Crippen LogP contribution in [0.5, 0.6) is 0 Å². The molecule has 1 saturated carbocycles. The van der Waals surface area contributed by atoms with Crippen LogP contribution >= 0.6 is 0 Å². The maximum Gasteiger partial charge on any atom is 0.331 e. The molecule has 26 heavy (non-hydrogen) atoms. The van der Waals surface area contributed by atoms with E-state index < -0.39 is 37.3 Å². The molecule has 1 fully saturated rings. The first-order valence-electron chi connectivity index (χ1n) is 9.62. The Morgan fingerprint density at radius 2 is 1.54 bits per heavy atom. The Morgan fingerprint density at radius 1 is 1.04 bits per heavy atom. The first-order chi connectivity index (χ1) is 11.6. The minimum atomic E-state index is -2.27. The maximum absolute atomic E-state index is 11.2. The fourth-order valence-corrected chi connectivity index (χ4v) is 16.6. The molecule has 8 heteroatoms. The molecule has 1 aliphatic carbocycles. The van der Waals surface area contributed by atoms with Crippen molar-refractivity contribution in [2.75, 3.05) is 0 Å². The fourth-order valence-electron chi connectivity index (χ4n) is 3.92. The van der Waals surface area contributed by atoms with Gasteiger partial charge in [-0.25, -0.2) is 4.79 Å². The Labute approximate surface area is 162 Å². The summed E-state index contributed by atoms with van der Waals surface area (Å²) in [6.45, 7) is 19.1. The Kier molecular flexibility index (Phi) is 8.08. The molecule has 1 aliphatic rings. The number of aliphatic hydroxyl groups excluding tert-OH is 1. The fraction of sp³-hybridized carbons (Fsp3) is 0.833. The average molecular weight is 419 g/mol. The largest absolute Gasteiger partial charge is 0.478 e. The zero-order chi connectivity index (χ0) is 20.3. The lowest BCUT2D eigenvalue weighted by atomic mass is 9.75. The summed E-state index contributed by atoms with van der Waals surface area (Å²) in [6, 6.07) is 0.925. The summed E-state index contributed by atoms with van der Waals surface area (Å²) in [5.74, 6) is -0.949. The van der Waals surface area contributed by atoms with Crippen LogP contribution in [0.3, 0.4) is 0 Å². The van der Waals surface area contributed by atoms with E-state index in [4.69, 9.17) is 8.23 Å². The summed E-state index contributed by atoms with van der Waals surface area (Å²) in [7, 11) is -5.69. The van der Waals surface area contributed by atoms with Gasteiger partial charge in [-0.1, -0.05) is 6.58 Å². The number of hydrogen-bond donors (Lipinski definition) is 2. The summed E-state index contributed by atoms with van der Waals surface area (Å²) < 4.78 is 13.1. The Bertz CT molecular complexity index is 494. The van der Waals surface area contributed by atoms with Crippen LogP contribution in [0, 0.1) is 11.8 Å². The molecule has 3 atom stereocenters. The molecule has 1 rings (SSSR count). The molecule has 0 aromatic carbocycles. The smallest absolute Gasteiger partial charge is 0.331 e. The third-order valence-corrected chi connectivity index (χ3v) is 14.2. The van der Waals surface area contributed by atoms with Gasteiger partial charge in [-0.15, -0.1) is 0 Å². The number of carboxylic acids is 1. The van der Waals surface area contributed by atoms with Gasteiger partial charge in [0, 0.05) is 11.5 Å². The summed E-state index contributed by atoms with van der Waals surface area (Å²) >= 11 is 0. The van der Waals surface area contributed by atoms with E-state index in [1.807, 2.05) is 0 Å². The van der Waals surface area contributed by atoms with Gasteiger partial charge in [0.1, 0.15) is 0 Å². The van der Waals surface area contributed by atoms with Crippen molar-refractivity contribution in [2.45, 2.75) is 83.7 Å². The average Bonchev–Trinajstić information content (AvgIpc) is 2.41. The second-order valence-corrected chi connectivity index (χ2v) is 22.6. The second kappa shape index (κ2) is 8.83. The molecule has 0 heterocycles. The van der Waals surface area contributed by atoms with Crippen LogP contribution in [0.1, 0.15) is 25.7 Å². The van der Waals surface area contributed by atoms with Gasteiger partial charge in [-0.3, -0.25) is 0 Å². The molecule has 0 aliphatic heterocycles. The van der Waals surface area contributed by atoms with Crippen molar-refractivity contribution in [3.05, 3.63) is 12.2 Å². The van der Waals surface area contributed by atoms with Crippen LogP contribution in [-0.2, 0) is 13.0 Å². The molecule has 2 N–H and O–H groups in total. The lowest BCUT2D eigenvalue weighted by molar-refractivity contribution is -0.134. The van der Waals surface area contributed by atoms with E-state index >= 15 is 0 Å². The molecule has 5 nitrogen and oxygen atoms in total. The zero-order valence-corrected chi connectivity index (χ0v) is 20.6.